The zero-order chi connectivity index (χ0) is 32.2. The molecule has 0 unspecified atom stereocenters. The molecule has 1 aromatic carbocycles. The van der Waals surface area contributed by atoms with E-state index in [1.807, 2.05) is 6.07 Å². The van der Waals surface area contributed by atoms with Crippen LogP contribution in [0, 0.1) is 30.0 Å². The van der Waals surface area contributed by atoms with Gasteiger partial charge in [0.05, 0.1) is 53.6 Å². The third kappa shape index (κ3) is 7.85. The zero-order valence-electron chi connectivity index (χ0n) is 24.6. The van der Waals surface area contributed by atoms with E-state index >= 15 is 4.39 Å². The number of nitrogens with one attached hydrogen (secondary N) is 2. The number of esters is 1. The van der Waals surface area contributed by atoms with E-state index in [0.29, 0.717) is 22.6 Å². The summed E-state index contributed by atoms with van der Waals surface area (Å²) in [6.45, 7) is 8.58. The van der Waals surface area contributed by atoms with Crippen LogP contribution in [0.25, 0.3) is 5.69 Å². The number of nitriles is 1. The first-order chi connectivity index (χ1) is 20.6. The number of ether oxygens (including phenoxy) is 1. The van der Waals surface area contributed by atoms with E-state index in [1.54, 1.807) is 40.7 Å². The van der Waals surface area contributed by atoms with E-state index in [2.05, 4.69) is 30.8 Å². The number of hydrogen-bond acceptors (Lipinski definition) is 9. The van der Waals surface area contributed by atoms with Crippen molar-refractivity contribution in [1.29, 1.82) is 5.26 Å². The van der Waals surface area contributed by atoms with Crippen LogP contribution in [0.1, 0.15) is 62.5 Å². The lowest BCUT2D eigenvalue weighted by molar-refractivity contribution is -0.156. The predicted molar refractivity (Wildman–Crippen MR) is 154 cm³/mol. The normalized spacial score (nSPS) is 13.1. The van der Waals surface area contributed by atoms with Crippen molar-refractivity contribution in [2.24, 2.45) is 5.92 Å². The SMILES string of the molecule is Cc1ncc(Nc2nc(N[C@H](c3ccc(C(F)(F)F)cc3)[C@H](C)CC(=O)OC(C)(C)C)c(F)cc2C#N)cc1-n1nccn1. The predicted octanol–water partition coefficient (Wildman–Crippen LogP) is 6.66. The van der Waals surface area contributed by atoms with Gasteiger partial charge < -0.3 is 15.4 Å². The largest absolute Gasteiger partial charge is 0.460 e. The van der Waals surface area contributed by atoms with Gasteiger partial charge in [-0.25, -0.2) is 9.37 Å². The number of hydrogen-bond donors (Lipinski definition) is 2. The number of benzene rings is 1. The highest BCUT2D eigenvalue weighted by Crippen LogP contribution is 2.35. The Morgan fingerprint density at radius 1 is 1.09 bits per heavy atom. The van der Waals surface area contributed by atoms with Crippen molar-refractivity contribution < 1.29 is 27.1 Å². The van der Waals surface area contributed by atoms with Crippen LogP contribution in [0.2, 0.25) is 0 Å². The number of alkyl halides is 3. The Morgan fingerprint density at radius 2 is 1.75 bits per heavy atom. The number of aryl methyl sites for hydroxylation is 1. The average Bonchev–Trinajstić information content (AvgIpc) is 3.47. The molecule has 14 heteroatoms. The van der Waals surface area contributed by atoms with Gasteiger partial charge in [0.2, 0.25) is 0 Å². The van der Waals surface area contributed by atoms with Gasteiger partial charge in [-0.2, -0.15) is 28.6 Å². The maximum Gasteiger partial charge on any atom is 0.416 e. The summed E-state index contributed by atoms with van der Waals surface area (Å²) in [4.78, 5) is 22.6. The lowest BCUT2D eigenvalue weighted by Crippen LogP contribution is -2.28. The number of halogens is 4. The zero-order valence-corrected chi connectivity index (χ0v) is 24.6. The Bertz CT molecular complexity index is 1660. The van der Waals surface area contributed by atoms with Crippen LogP contribution < -0.4 is 10.6 Å². The molecule has 4 rings (SSSR count). The number of nitrogens with zero attached hydrogens (tertiary/aromatic N) is 6. The summed E-state index contributed by atoms with van der Waals surface area (Å²) >= 11 is 0. The molecule has 0 aliphatic heterocycles. The van der Waals surface area contributed by atoms with Crippen LogP contribution in [0.3, 0.4) is 0 Å². The Labute approximate surface area is 251 Å². The van der Waals surface area contributed by atoms with Crippen molar-refractivity contribution in [3.63, 3.8) is 0 Å². The smallest absolute Gasteiger partial charge is 0.416 e. The van der Waals surface area contributed by atoms with Crippen molar-refractivity contribution in [1.82, 2.24) is 25.0 Å². The Balaban J connectivity index is 1.69. The van der Waals surface area contributed by atoms with Gasteiger partial charge in [-0.1, -0.05) is 19.1 Å². The van der Waals surface area contributed by atoms with E-state index in [-0.39, 0.29) is 23.6 Å². The van der Waals surface area contributed by atoms with Crippen molar-refractivity contribution >= 4 is 23.3 Å². The molecule has 0 radical (unpaired) electrons. The number of pyridine rings is 2. The number of aromatic nitrogens is 5. The molecule has 3 aromatic heterocycles. The highest BCUT2D eigenvalue weighted by atomic mass is 19.4. The van der Waals surface area contributed by atoms with Gasteiger partial charge in [0.15, 0.2) is 17.5 Å². The highest BCUT2D eigenvalue weighted by Gasteiger charge is 2.32. The van der Waals surface area contributed by atoms with E-state index in [1.165, 1.54) is 35.5 Å². The minimum absolute atomic E-state index is 0.00704. The molecule has 0 bridgehead atoms. The van der Waals surface area contributed by atoms with E-state index < -0.39 is 41.1 Å². The second-order valence-electron chi connectivity index (χ2n) is 11.1. The molecule has 4 aromatic rings. The van der Waals surface area contributed by atoms with Gasteiger partial charge in [0.1, 0.15) is 17.4 Å². The van der Waals surface area contributed by atoms with Crippen LogP contribution in [0.4, 0.5) is 34.9 Å². The Kier molecular flexibility index (Phi) is 9.17. The Morgan fingerprint density at radius 3 is 2.34 bits per heavy atom. The molecule has 0 fully saturated rings. The third-order valence-corrected chi connectivity index (χ3v) is 6.42. The summed E-state index contributed by atoms with van der Waals surface area (Å²) in [5, 5.41) is 23.8. The molecule has 230 valence electrons. The van der Waals surface area contributed by atoms with Crippen LogP contribution >= 0.6 is 0 Å². The second kappa shape index (κ2) is 12.7. The van der Waals surface area contributed by atoms with Crippen molar-refractivity contribution in [2.45, 2.75) is 58.9 Å². The van der Waals surface area contributed by atoms with Crippen molar-refractivity contribution in [3.8, 4) is 11.8 Å². The number of rotatable bonds is 9. The number of carbonyl (C=O) groups excluding carboxylic acids is 1. The molecule has 2 atom stereocenters. The van der Waals surface area contributed by atoms with Gasteiger partial charge in [-0.15, -0.1) is 4.80 Å². The van der Waals surface area contributed by atoms with E-state index in [9.17, 15) is 23.2 Å². The summed E-state index contributed by atoms with van der Waals surface area (Å²) in [7, 11) is 0. The lowest BCUT2D eigenvalue weighted by atomic mass is 9.91. The molecule has 2 N–H and O–H groups in total. The first-order valence-corrected chi connectivity index (χ1v) is 13.5. The molecular weight excluding hydrogens is 580 g/mol. The molecule has 0 spiro atoms. The quantitative estimate of drug-likeness (QED) is 0.158. The fourth-order valence-corrected chi connectivity index (χ4v) is 4.38. The molecular formula is C30H30F4N8O2. The van der Waals surface area contributed by atoms with Crippen LogP contribution in [-0.4, -0.2) is 36.5 Å². The monoisotopic (exact) mass is 610 g/mol. The lowest BCUT2D eigenvalue weighted by Gasteiger charge is -2.28. The molecule has 3 heterocycles. The molecule has 0 amide bonds. The highest BCUT2D eigenvalue weighted by molar-refractivity contribution is 5.70. The Hall–Kier alpha value is -5.06. The minimum Gasteiger partial charge on any atom is -0.460 e. The first-order valence-electron chi connectivity index (χ1n) is 13.5. The second-order valence-corrected chi connectivity index (χ2v) is 11.1. The molecule has 0 aliphatic carbocycles. The van der Waals surface area contributed by atoms with E-state index in [4.69, 9.17) is 4.74 Å². The number of carbonyl (C=O) groups is 1. The van der Waals surface area contributed by atoms with Crippen molar-refractivity contribution in [2.75, 3.05) is 10.6 Å². The summed E-state index contributed by atoms with van der Waals surface area (Å²) < 4.78 is 60.5. The minimum atomic E-state index is -4.55. The summed E-state index contributed by atoms with van der Waals surface area (Å²) in [6, 6.07) is 8.04. The summed E-state index contributed by atoms with van der Waals surface area (Å²) in [5.41, 5.74) is 0.214. The topological polar surface area (TPSA) is 131 Å². The van der Waals surface area contributed by atoms with Gasteiger partial charge >= 0.3 is 12.1 Å². The summed E-state index contributed by atoms with van der Waals surface area (Å²) in [5.74, 6) is -2.29. The summed E-state index contributed by atoms with van der Waals surface area (Å²) in [6.07, 6.45) is -0.176. The first kappa shape index (κ1) is 31.9. The molecule has 0 saturated carbocycles. The molecule has 44 heavy (non-hydrogen) atoms. The maximum absolute atomic E-state index is 15.3. The molecule has 10 nitrogen and oxygen atoms in total. The van der Waals surface area contributed by atoms with Gasteiger partial charge in [0, 0.05) is 0 Å². The standard InChI is InChI=1S/C30H30F4N8O2/c1-17(12-25(43)44-29(3,4)5)26(19-6-8-21(9-7-19)30(32,33)34)40-28-23(31)13-20(15-35)27(41-28)39-22-14-24(18(2)36-16-22)42-37-10-11-38-42/h6-11,13-14,16-17,26H,12H2,1-5H3,(H2,39,40,41)/t17-,26+/m1/s1. The fourth-order valence-electron chi connectivity index (χ4n) is 4.38. The van der Waals surface area contributed by atoms with Crippen molar-refractivity contribution in [3.05, 3.63) is 83.2 Å². The third-order valence-electron chi connectivity index (χ3n) is 6.42. The van der Waals surface area contributed by atoms with Crippen LogP contribution in [0.15, 0.2) is 55.0 Å². The maximum atomic E-state index is 15.3. The molecule has 0 saturated heterocycles. The average molecular weight is 611 g/mol. The van der Waals surface area contributed by atoms with Gasteiger partial charge in [0.25, 0.3) is 0 Å². The van der Waals surface area contributed by atoms with Crippen LogP contribution in [-0.2, 0) is 15.7 Å². The number of anilines is 3. The van der Waals surface area contributed by atoms with Gasteiger partial charge in [-0.05, 0) is 63.4 Å². The van der Waals surface area contributed by atoms with Crippen LogP contribution in [0.5, 0.6) is 0 Å². The fraction of sp³-hybridized carbons (Fsp3) is 0.333. The van der Waals surface area contributed by atoms with E-state index in [0.717, 1.165) is 18.2 Å². The van der Waals surface area contributed by atoms with Gasteiger partial charge in [-0.3, -0.25) is 9.78 Å². The molecule has 0 aliphatic rings.